The minimum absolute atomic E-state index is 0.137. The fourth-order valence-corrected chi connectivity index (χ4v) is 4.90. The molecule has 2 saturated heterocycles. The fraction of sp³-hybridized carbons (Fsp3) is 0.440. The van der Waals surface area contributed by atoms with E-state index in [1.54, 1.807) is 0 Å². The summed E-state index contributed by atoms with van der Waals surface area (Å²) in [4.78, 5) is 22.2. The summed E-state index contributed by atoms with van der Waals surface area (Å²) in [5.41, 5.74) is 4.22. The first-order chi connectivity index (χ1) is 15.2. The molecule has 162 valence electrons. The molecule has 2 aliphatic heterocycles. The summed E-state index contributed by atoms with van der Waals surface area (Å²) in [6.07, 6.45) is 2.85. The van der Waals surface area contributed by atoms with Crippen LogP contribution in [0, 0.1) is 0 Å². The van der Waals surface area contributed by atoms with E-state index in [1.807, 2.05) is 23.1 Å². The molecule has 0 atom stereocenters. The summed E-state index contributed by atoms with van der Waals surface area (Å²) in [7, 11) is 0. The first-order valence-corrected chi connectivity index (χ1v) is 11.4. The van der Waals surface area contributed by atoms with Crippen LogP contribution in [-0.4, -0.2) is 59.8 Å². The number of ether oxygens (including phenoxy) is 1. The Labute approximate surface area is 183 Å². The number of aryl methyl sites for hydroxylation is 1. The minimum atomic E-state index is 0.137. The van der Waals surface area contributed by atoms with Crippen LogP contribution in [0.15, 0.2) is 48.5 Å². The Bertz CT molecular complexity index is 1050. The predicted octanol–water partition coefficient (Wildman–Crippen LogP) is 3.91. The molecular weight excluding hydrogens is 388 g/mol. The Kier molecular flexibility index (Phi) is 5.64. The molecule has 2 aromatic carbocycles. The third-order valence-corrected chi connectivity index (χ3v) is 6.59. The average Bonchev–Trinajstić information content (AvgIpc) is 3.23. The Morgan fingerprint density at radius 2 is 1.71 bits per heavy atom. The van der Waals surface area contributed by atoms with E-state index in [0.717, 1.165) is 81.2 Å². The van der Waals surface area contributed by atoms with Gasteiger partial charge in [0.2, 0.25) is 0 Å². The summed E-state index contributed by atoms with van der Waals surface area (Å²) in [5, 5.41) is 0. The highest BCUT2D eigenvalue weighted by Crippen LogP contribution is 2.30. The van der Waals surface area contributed by atoms with E-state index in [2.05, 4.69) is 46.7 Å². The molecule has 0 N–H and O–H groups in total. The number of hydrogen-bond acceptors (Lipinski definition) is 4. The van der Waals surface area contributed by atoms with E-state index in [0.29, 0.717) is 6.04 Å². The minimum Gasteiger partial charge on any atom is -0.378 e. The molecule has 0 bridgehead atoms. The average molecular weight is 419 g/mol. The molecule has 1 aromatic heterocycles. The number of benzene rings is 2. The molecule has 6 heteroatoms. The van der Waals surface area contributed by atoms with E-state index in [4.69, 9.17) is 9.72 Å². The van der Waals surface area contributed by atoms with Gasteiger partial charge in [0.25, 0.3) is 5.91 Å². The lowest BCUT2D eigenvalue weighted by Gasteiger charge is -2.34. The predicted molar refractivity (Wildman–Crippen MR) is 123 cm³/mol. The third-order valence-electron chi connectivity index (χ3n) is 6.59. The number of carbonyl (C=O) groups is 1. The fourth-order valence-electron chi connectivity index (χ4n) is 4.90. The Morgan fingerprint density at radius 1 is 1.00 bits per heavy atom. The van der Waals surface area contributed by atoms with Crippen LogP contribution in [0.4, 0.5) is 5.69 Å². The molecule has 5 rings (SSSR count). The maximum atomic E-state index is 13.1. The lowest BCUT2D eigenvalue weighted by molar-refractivity contribution is 0.0695. The number of piperidine rings is 1. The van der Waals surface area contributed by atoms with Gasteiger partial charge in [-0.3, -0.25) is 4.79 Å². The summed E-state index contributed by atoms with van der Waals surface area (Å²) in [6.45, 7) is 7.07. The van der Waals surface area contributed by atoms with Crippen LogP contribution in [0.25, 0.3) is 11.0 Å². The first-order valence-electron chi connectivity index (χ1n) is 11.4. The van der Waals surface area contributed by atoms with Crippen molar-refractivity contribution in [2.45, 2.75) is 32.2 Å². The monoisotopic (exact) mass is 418 g/mol. The van der Waals surface area contributed by atoms with Crippen molar-refractivity contribution < 1.29 is 9.53 Å². The molecule has 6 nitrogen and oxygen atoms in total. The second kappa shape index (κ2) is 8.71. The van der Waals surface area contributed by atoms with Crippen LogP contribution in [0.1, 0.15) is 42.0 Å². The number of aromatic nitrogens is 2. The molecule has 0 aliphatic carbocycles. The maximum Gasteiger partial charge on any atom is 0.253 e. The molecule has 2 aliphatic rings. The second-order valence-corrected chi connectivity index (χ2v) is 8.41. The van der Waals surface area contributed by atoms with E-state index >= 15 is 0 Å². The van der Waals surface area contributed by atoms with Crippen molar-refractivity contribution in [3.63, 3.8) is 0 Å². The zero-order valence-corrected chi connectivity index (χ0v) is 18.2. The van der Waals surface area contributed by atoms with Crippen molar-refractivity contribution in [1.82, 2.24) is 14.5 Å². The molecule has 2 fully saturated rings. The lowest BCUT2D eigenvalue weighted by atomic mass is 10.0. The molecule has 3 heterocycles. The van der Waals surface area contributed by atoms with Crippen LogP contribution >= 0.6 is 0 Å². The molecule has 0 saturated carbocycles. The SMILES string of the molecule is CCc1nc2ccccc2n1C1CCN(C(=O)c2ccc(N3CCOCC3)cc2)CC1. The number of morpholine rings is 1. The van der Waals surface area contributed by atoms with Crippen molar-refractivity contribution in [2.75, 3.05) is 44.3 Å². The number of para-hydroxylation sites is 2. The number of anilines is 1. The Morgan fingerprint density at radius 3 is 2.42 bits per heavy atom. The number of hydrogen-bond donors (Lipinski definition) is 0. The van der Waals surface area contributed by atoms with Gasteiger partial charge >= 0.3 is 0 Å². The van der Waals surface area contributed by atoms with Crippen molar-refractivity contribution in [1.29, 1.82) is 0 Å². The largest absolute Gasteiger partial charge is 0.378 e. The quantitative estimate of drug-likeness (QED) is 0.645. The molecule has 0 unspecified atom stereocenters. The summed E-state index contributed by atoms with van der Waals surface area (Å²) in [5.74, 6) is 1.28. The van der Waals surface area contributed by atoms with Gasteiger partial charge in [-0.15, -0.1) is 0 Å². The number of likely N-dealkylation sites (tertiary alicyclic amines) is 1. The van der Waals surface area contributed by atoms with E-state index in [1.165, 1.54) is 5.52 Å². The molecule has 1 amide bonds. The van der Waals surface area contributed by atoms with Crippen LogP contribution in [-0.2, 0) is 11.2 Å². The van der Waals surface area contributed by atoms with Crippen LogP contribution in [0.3, 0.4) is 0 Å². The zero-order valence-electron chi connectivity index (χ0n) is 18.2. The van der Waals surface area contributed by atoms with Crippen molar-refractivity contribution >= 4 is 22.6 Å². The van der Waals surface area contributed by atoms with Crippen molar-refractivity contribution in [2.24, 2.45) is 0 Å². The van der Waals surface area contributed by atoms with Gasteiger partial charge in [0.1, 0.15) is 5.82 Å². The van der Waals surface area contributed by atoms with Gasteiger partial charge < -0.3 is 19.1 Å². The number of imidazole rings is 1. The highest BCUT2D eigenvalue weighted by molar-refractivity contribution is 5.94. The van der Waals surface area contributed by atoms with Crippen LogP contribution in [0.5, 0.6) is 0 Å². The van der Waals surface area contributed by atoms with E-state index in [9.17, 15) is 4.79 Å². The van der Waals surface area contributed by atoms with Gasteiger partial charge in [0, 0.05) is 49.9 Å². The van der Waals surface area contributed by atoms with Crippen molar-refractivity contribution in [3.8, 4) is 0 Å². The van der Waals surface area contributed by atoms with E-state index < -0.39 is 0 Å². The van der Waals surface area contributed by atoms with Gasteiger partial charge in [-0.25, -0.2) is 4.98 Å². The summed E-state index contributed by atoms with van der Waals surface area (Å²) < 4.78 is 7.84. The molecule has 31 heavy (non-hydrogen) atoms. The van der Waals surface area contributed by atoms with Gasteiger partial charge in [-0.2, -0.15) is 0 Å². The van der Waals surface area contributed by atoms with Crippen LogP contribution in [0.2, 0.25) is 0 Å². The van der Waals surface area contributed by atoms with E-state index in [-0.39, 0.29) is 5.91 Å². The normalized spacial score (nSPS) is 18.0. The maximum absolute atomic E-state index is 13.1. The topological polar surface area (TPSA) is 50.6 Å². The Balaban J connectivity index is 1.26. The van der Waals surface area contributed by atoms with Gasteiger partial charge in [0.15, 0.2) is 0 Å². The molecule has 0 spiro atoms. The van der Waals surface area contributed by atoms with Gasteiger partial charge in [-0.05, 0) is 49.2 Å². The van der Waals surface area contributed by atoms with Crippen molar-refractivity contribution in [3.05, 3.63) is 59.9 Å². The number of fused-ring (bicyclic) bond motifs is 1. The smallest absolute Gasteiger partial charge is 0.253 e. The third kappa shape index (κ3) is 3.92. The van der Waals surface area contributed by atoms with Crippen LogP contribution < -0.4 is 4.90 Å². The first kappa shape index (κ1) is 20.1. The number of carbonyl (C=O) groups excluding carboxylic acids is 1. The number of amides is 1. The highest BCUT2D eigenvalue weighted by Gasteiger charge is 2.27. The summed E-state index contributed by atoms with van der Waals surface area (Å²) >= 11 is 0. The molecular formula is C25H30N4O2. The summed E-state index contributed by atoms with van der Waals surface area (Å²) in [6, 6.07) is 16.8. The van der Waals surface area contributed by atoms with Gasteiger partial charge in [-0.1, -0.05) is 19.1 Å². The molecule has 3 aromatic rings. The highest BCUT2D eigenvalue weighted by atomic mass is 16.5. The zero-order chi connectivity index (χ0) is 21.2. The van der Waals surface area contributed by atoms with Gasteiger partial charge in [0.05, 0.1) is 24.2 Å². The standard InChI is InChI=1S/C25H30N4O2/c1-2-24-26-22-5-3-4-6-23(22)29(24)21-11-13-28(14-12-21)25(30)19-7-9-20(10-8-19)27-15-17-31-18-16-27/h3-10,21H,2,11-18H2,1H3. The number of rotatable bonds is 4. The molecule has 0 radical (unpaired) electrons. The number of nitrogens with zero attached hydrogens (tertiary/aromatic N) is 4. The lowest BCUT2D eigenvalue weighted by Crippen LogP contribution is -2.39. The Hall–Kier alpha value is -2.86. The second-order valence-electron chi connectivity index (χ2n) is 8.41.